The number of nitrogens with two attached hydrogens (primary N) is 1. The second-order valence-electron chi connectivity index (χ2n) is 3.04. The summed E-state index contributed by atoms with van der Waals surface area (Å²) in [5, 5.41) is 13.9. The Morgan fingerprint density at radius 3 is 2.81 bits per heavy atom. The topological polar surface area (TPSA) is 88.2 Å². The standard InChI is InChI=1S/C10H9N3O2S/c11-10-13-7(5-16-10)9(15)12-6-3-1-2-4-8(6)14/h1-5,14H,(H2,11,13)(H,12,15). The molecule has 0 unspecified atom stereocenters. The van der Waals surface area contributed by atoms with Crippen LogP contribution in [-0.4, -0.2) is 16.0 Å². The summed E-state index contributed by atoms with van der Waals surface area (Å²) in [5.41, 5.74) is 6.01. The molecule has 0 atom stereocenters. The number of para-hydroxylation sites is 2. The van der Waals surface area contributed by atoms with Crippen molar-refractivity contribution >= 4 is 28.1 Å². The summed E-state index contributed by atoms with van der Waals surface area (Å²) in [7, 11) is 0. The first-order chi connectivity index (χ1) is 7.66. The summed E-state index contributed by atoms with van der Waals surface area (Å²) in [4.78, 5) is 15.5. The van der Waals surface area contributed by atoms with Crippen LogP contribution in [0.1, 0.15) is 10.5 Å². The van der Waals surface area contributed by atoms with Crippen LogP contribution >= 0.6 is 11.3 Å². The van der Waals surface area contributed by atoms with Crippen LogP contribution in [0.25, 0.3) is 0 Å². The Kier molecular flexibility index (Phi) is 2.74. The number of thiazole rings is 1. The number of phenolic OH excluding ortho intramolecular Hbond substituents is 1. The molecule has 1 heterocycles. The normalized spacial score (nSPS) is 10.0. The van der Waals surface area contributed by atoms with E-state index >= 15 is 0 Å². The molecule has 2 aromatic rings. The average molecular weight is 235 g/mol. The lowest BCUT2D eigenvalue weighted by Crippen LogP contribution is -2.12. The molecule has 0 aliphatic rings. The third kappa shape index (κ3) is 2.12. The van der Waals surface area contributed by atoms with Crippen LogP contribution in [-0.2, 0) is 0 Å². The summed E-state index contributed by atoms with van der Waals surface area (Å²) in [6.45, 7) is 0. The van der Waals surface area contributed by atoms with E-state index in [4.69, 9.17) is 5.73 Å². The van der Waals surface area contributed by atoms with Crippen molar-refractivity contribution in [3.63, 3.8) is 0 Å². The molecule has 4 N–H and O–H groups in total. The zero-order valence-electron chi connectivity index (χ0n) is 8.18. The first-order valence-corrected chi connectivity index (χ1v) is 5.35. The van der Waals surface area contributed by atoms with Crippen molar-refractivity contribution in [2.75, 3.05) is 11.1 Å². The molecule has 0 saturated heterocycles. The van der Waals surface area contributed by atoms with E-state index in [0.29, 0.717) is 10.8 Å². The van der Waals surface area contributed by atoms with Gasteiger partial charge < -0.3 is 16.2 Å². The number of hydrogen-bond donors (Lipinski definition) is 3. The number of carbonyl (C=O) groups is 1. The van der Waals surface area contributed by atoms with Gasteiger partial charge in [-0.15, -0.1) is 11.3 Å². The fourth-order valence-corrected chi connectivity index (χ4v) is 1.70. The molecule has 1 aromatic carbocycles. The van der Waals surface area contributed by atoms with E-state index in [1.54, 1.807) is 23.6 Å². The fourth-order valence-electron chi connectivity index (χ4n) is 1.16. The van der Waals surface area contributed by atoms with E-state index < -0.39 is 5.91 Å². The van der Waals surface area contributed by atoms with Crippen LogP contribution < -0.4 is 11.1 Å². The van der Waals surface area contributed by atoms with E-state index in [0.717, 1.165) is 0 Å². The monoisotopic (exact) mass is 235 g/mol. The van der Waals surface area contributed by atoms with Gasteiger partial charge in [0.05, 0.1) is 5.69 Å². The summed E-state index contributed by atoms with van der Waals surface area (Å²) < 4.78 is 0. The smallest absolute Gasteiger partial charge is 0.275 e. The molecule has 2 rings (SSSR count). The number of carbonyl (C=O) groups excluding carboxylic acids is 1. The van der Waals surface area contributed by atoms with Crippen LogP contribution in [0.3, 0.4) is 0 Å². The maximum absolute atomic E-state index is 11.6. The predicted octanol–water partition coefficient (Wildman–Crippen LogP) is 1.68. The average Bonchev–Trinajstić information content (AvgIpc) is 2.68. The molecular formula is C10H9N3O2S. The summed E-state index contributed by atoms with van der Waals surface area (Å²) >= 11 is 1.19. The highest BCUT2D eigenvalue weighted by molar-refractivity contribution is 7.13. The number of amides is 1. The first kappa shape index (κ1) is 10.4. The largest absolute Gasteiger partial charge is 0.506 e. The highest BCUT2D eigenvalue weighted by atomic mass is 32.1. The van der Waals surface area contributed by atoms with Crippen molar-refractivity contribution in [2.24, 2.45) is 0 Å². The van der Waals surface area contributed by atoms with E-state index in [2.05, 4.69) is 10.3 Å². The van der Waals surface area contributed by atoms with Gasteiger partial charge >= 0.3 is 0 Å². The maximum atomic E-state index is 11.6. The molecule has 1 amide bonds. The van der Waals surface area contributed by atoms with Crippen LogP contribution in [0.5, 0.6) is 5.75 Å². The molecular weight excluding hydrogens is 226 g/mol. The van der Waals surface area contributed by atoms with E-state index in [-0.39, 0.29) is 11.4 Å². The van der Waals surface area contributed by atoms with Crippen molar-refractivity contribution in [2.45, 2.75) is 0 Å². The Labute approximate surface area is 95.6 Å². The second kappa shape index (κ2) is 4.19. The van der Waals surface area contributed by atoms with Crippen molar-refractivity contribution < 1.29 is 9.90 Å². The lowest BCUT2D eigenvalue weighted by molar-refractivity contribution is 0.102. The molecule has 0 fully saturated rings. The minimum absolute atomic E-state index is 0.0130. The molecule has 5 nitrogen and oxygen atoms in total. The number of aromatic hydroxyl groups is 1. The Morgan fingerprint density at radius 2 is 2.19 bits per heavy atom. The zero-order chi connectivity index (χ0) is 11.5. The third-order valence-corrected chi connectivity index (χ3v) is 2.58. The lowest BCUT2D eigenvalue weighted by Gasteiger charge is -2.04. The highest BCUT2D eigenvalue weighted by Crippen LogP contribution is 2.22. The minimum Gasteiger partial charge on any atom is -0.506 e. The number of nitrogens with one attached hydrogen (secondary N) is 1. The van der Waals surface area contributed by atoms with Crippen molar-refractivity contribution in [3.8, 4) is 5.75 Å². The number of nitrogen functional groups attached to an aromatic ring is 1. The van der Waals surface area contributed by atoms with Gasteiger partial charge in [-0.3, -0.25) is 4.79 Å². The van der Waals surface area contributed by atoms with Gasteiger partial charge in [-0.05, 0) is 12.1 Å². The van der Waals surface area contributed by atoms with Crippen LogP contribution in [0.4, 0.5) is 10.8 Å². The quantitative estimate of drug-likeness (QED) is 0.691. The molecule has 82 valence electrons. The molecule has 0 aliphatic heterocycles. The Morgan fingerprint density at radius 1 is 1.44 bits per heavy atom. The number of benzene rings is 1. The van der Waals surface area contributed by atoms with Crippen LogP contribution in [0, 0.1) is 0 Å². The number of rotatable bonds is 2. The third-order valence-electron chi connectivity index (χ3n) is 1.91. The highest BCUT2D eigenvalue weighted by Gasteiger charge is 2.11. The van der Waals surface area contributed by atoms with Crippen molar-refractivity contribution in [1.29, 1.82) is 0 Å². The number of hydrogen-bond acceptors (Lipinski definition) is 5. The summed E-state index contributed by atoms with van der Waals surface area (Å²) in [6, 6.07) is 6.48. The zero-order valence-corrected chi connectivity index (χ0v) is 8.99. The summed E-state index contributed by atoms with van der Waals surface area (Å²) in [6.07, 6.45) is 0. The van der Waals surface area contributed by atoms with Crippen molar-refractivity contribution in [1.82, 2.24) is 4.98 Å². The van der Waals surface area contributed by atoms with Crippen LogP contribution in [0.2, 0.25) is 0 Å². The van der Waals surface area contributed by atoms with Gasteiger partial charge in [-0.2, -0.15) is 0 Å². The molecule has 0 spiro atoms. The maximum Gasteiger partial charge on any atom is 0.275 e. The number of anilines is 2. The van der Waals surface area contributed by atoms with Gasteiger partial charge in [0.25, 0.3) is 5.91 Å². The number of nitrogens with zero attached hydrogens (tertiary/aromatic N) is 1. The molecule has 0 saturated carbocycles. The summed E-state index contributed by atoms with van der Waals surface area (Å²) in [5.74, 6) is -0.381. The molecule has 16 heavy (non-hydrogen) atoms. The fraction of sp³-hybridized carbons (Fsp3) is 0. The Hall–Kier alpha value is -2.08. The van der Waals surface area contributed by atoms with Crippen molar-refractivity contribution in [3.05, 3.63) is 35.3 Å². The van der Waals surface area contributed by atoms with Gasteiger partial charge in [0.15, 0.2) is 5.13 Å². The number of aromatic nitrogens is 1. The molecule has 0 aliphatic carbocycles. The first-order valence-electron chi connectivity index (χ1n) is 4.47. The van der Waals surface area contributed by atoms with Gasteiger partial charge in [-0.1, -0.05) is 12.1 Å². The minimum atomic E-state index is -0.394. The Bertz CT molecular complexity index is 524. The second-order valence-corrected chi connectivity index (χ2v) is 3.93. The molecule has 0 radical (unpaired) electrons. The SMILES string of the molecule is Nc1nc(C(=O)Nc2ccccc2O)cs1. The molecule has 0 bridgehead atoms. The molecule has 1 aromatic heterocycles. The molecule has 6 heteroatoms. The van der Waals surface area contributed by atoms with Gasteiger partial charge in [-0.25, -0.2) is 4.98 Å². The lowest BCUT2D eigenvalue weighted by atomic mass is 10.3. The van der Waals surface area contributed by atoms with Crippen LogP contribution in [0.15, 0.2) is 29.6 Å². The van der Waals surface area contributed by atoms with Gasteiger partial charge in [0, 0.05) is 5.38 Å². The Balaban J connectivity index is 2.17. The predicted molar refractivity (Wildman–Crippen MR) is 62.6 cm³/mol. The van der Waals surface area contributed by atoms with Gasteiger partial charge in [0.1, 0.15) is 11.4 Å². The number of phenols is 1. The van der Waals surface area contributed by atoms with E-state index in [9.17, 15) is 9.90 Å². The van der Waals surface area contributed by atoms with Gasteiger partial charge in [0.2, 0.25) is 0 Å². The van der Waals surface area contributed by atoms with E-state index in [1.807, 2.05) is 0 Å². The van der Waals surface area contributed by atoms with E-state index in [1.165, 1.54) is 17.4 Å².